The van der Waals surface area contributed by atoms with Crippen molar-refractivity contribution in [3.8, 4) is 11.5 Å². The smallest absolute Gasteiger partial charge is 0.160 e. The summed E-state index contributed by atoms with van der Waals surface area (Å²) in [7, 11) is 3.27. The summed E-state index contributed by atoms with van der Waals surface area (Å²) >= 11 is 11.8. The molecule has 2 rings (SSSR count). The lowest BCUT2D eigenvalue weighted by atomic mass is 10.0. The summed E-state index contributed by atoms with van der Waals surface area (Å²) in [6.45, 7) is 2.09. The van der Waals surface area contributed by atoms with Gasteiger partial charge >= 0.3 is 0 Å². The zero-order valence-corrected chi connectivity index (χ0v) is 14.7. The monoisotopic (exact) mass is 374 g/mol. The van der Waals surface area contributed by atoms with Crippen molar-refractivity contribution >= 4 is 38.9 Å². The third-order valence-corrected chi connectivity index (χ3v) is 5.09. The first-order valence-corrected chi connectivity index (χ1v) is 8.20. The summed E-state index contributed by atoms with van der Waals surface area (Å²) in [5.74, 6) is 1.47. The van der Waals surface area contributed by atoms with Crippen LogP contribution in [0.4, 0.5) is 0 Å². The van der Waals surface area contributed by atoms with Gasteiger partial charge in [0.05, 0.1) is 23.4 Å². The lowest BCUT2D eigenvalue weighted by Gasteiger charge is -2.12. The number of halogens is 2. The van der Waals surface area contributed by atoms with E-state index < -0.39 is 0 Å². The SMILES string of the molecule is COc1ccc(CC(Cl)c2cc(Br)sc2C)cc1OC. The highest BCUT2D eigenvalue weighted by molar-refractivity contribution is 9.11. The third-order valence-electron chi connectivity index (χ3n) is 3.13. The van der Waals surface area contributed by atoms with Gasteiger partial charge in [0.2, 0.25) is 0 Å². The average Bonchev–Trinajstić information content (AvgIpc) is 2.77. The number of aryl methyl sites for hydroxylation is 1. The van der Waals surface area contributed by atoms with Gasteiger partial charge in [-0.05, 0) is 58.6 Å². The molecule has 0 spiro atoms. The highest BCUT2D eigenvalue weighted by Crippen LogP contribution is 2.36. The second-order valence-corrected chi connectivity index (χ2v) is 7.59. The Bertz CT molecular complexity index is 598. The molecule has 5 heteroatoms. The van der Waals surface area contributed by atoms with Gasteiger partial charge in [-0.3, -0.25) is 0 Å². The van der Waals surface area contributed by atoms with Crippen molar-refractivity contribution < 1.29 is 9.47 Å². The zero-order valence-electron chi connectivity index (χ0n) is 11.6. The molecule has 1 unspecified atom stereocenters. The molecule has 0 fully saturated rings. The normalized spacial score (nSPS) is 12.2. The minimum atomic E-state index is -0.0457. The van der Waals surface area contributed by atoms with Gasteiger partial charge < -0.3 is 9.47 Å². The molecule has 2 nitrogen and oxygen atoms in total. The number of thiophene rings is 1. The lowest BCUT2D eigenvalue weighted by Crippen LogP contribution is -1.98. The fourth-order valence-corrected chi connectivity index (χ4v) is 4.34. The van der Waals surface area contributed by atoms with E-state index in [1.54, 1.807) is 25.6 Å². The van der Waals surface area contributed by atoms with Crippen molar-refractivity contribution in [1.29, 1.82) is 0 Å². The van der Waals surface area contributed by atoms with Crippen LogP contribution in [0.1, 0.15) is 21.4 Å². The Kier molecular flexibility index (Phi) is 5.35. The van der Waals surface area contributed by atoms with E-state index in [9.17, 15) is 0 Å². The Morgan fingerprint density at radius 1 is 1.20 bits per heavy atom. The standard InChI is InChI=1S/C15H16BrClO2S/c1-9-11(8-15(16)20-9)12(17)6-10-4-5-13(18-2)14(7-10)19-3/h4-5,7-8,12H,6H2,1-3H3. The second-order valence-electron chi connectivity index (χ2n) is 4.42. The third kappa shape index (κ3) is 3.48. The van der Waals surface area contributed by atoms with Gasteiger partial charge in [-0.2, -0.15) is 0 Å². The minimum Gasteiger partial charge on any atom is -0.493 e. The molecule has 0 saturated heterocycles. The number of hydrogen-bond acceptors (Lipinski definition) is 3. The number of hydrogen-bond donors (Lipinski definition) is 0. The molecule has 0 aliphatic rings. The van der Waals surface area contributed by atoms with E-state index in [2.05, 4.69) is 28.9 Å². The van der Waals surface area contributed by atoms with Gasteiger partial charge in [0, 0.05) is 4.88 Å². The van der Waals surface area contributed by atoms with Gasteiger partial charge in [0.1, 0.15) is 0 Å². The van der Waals surface area contributed by atoms with Crippen molar-refractivity contribution in [1.82, 2.24) is 0 Å². The molecular formula is C15H16BrClO2S. The largest absolute Gasteiger partial charge is 0.493 e. The van der Waals surface area contributed by atoms with Gasteiger partial charge in [-0.25, -0.2) is 0 Å². The van der Waals surface area contributed by atoms with E-state index in [1.807, 2.05) is 18.2 Å². The quantitative estimate of drug-likeness (QED) is 0.655. The van der Waals surface area contributed by atoms with E-state index in [-0.39, 0.29) is 5.38 Å². The fraction of sp³-hybridized carbons (Fsp3) is 0.333. The summed E-state index contributed by atoms with van der Waals surface area (Å²) in [5, 5.41) is -0.0457. The van der Waals surface area contributed by atoms with Crippen LogP contribution in [0, 0.1) is 6.92 Å². The summed E-state index contributed by atoms with van der Waals surface area (Å²) in [4.78, 5) is 1.25. The van der Waals surface area contributed by atoms with E-state index in [1.165, 1.54) is 10.4 Å². The summed E-state index contributed by atoms with van der Waals surface area (Å²) in [6, 6.07) is 8.00. The molecule has 1 aromatic carbocycles. The summed E-state index contributed by atoms with van der Waals surface area (Å²) < 4.78 is 11.7. The molecule has 0 N–H and O–H groups in total. The minimum absolute atomic E-state index is 0.0457. The van der Waals surface area contributed by atoms with Gasteiger partial charge in [0.25, 0.3) is 0 Å². The molecule has 1 atom stereocenters. The van der Waals surface area contributed by atoms with Crippen LogP contribution in [0.2, 0.25) is 0 Å². The van der Waals surface area contributed by atoms with Crippen LogP contribution in [0.25, 0.3) is 0 Å². The highest BCUT2D eigenvalue weighted by Gasteiger charge is 2.15. The van der Waals surface area contributed by atoms with Crippen molar-refractivity contribution in [3.05, 3.63) is 44.1 Å². The molecule has 0 aliphatic heterocycles. The molecular weight excluding hydrogens is 360 g/mol. The van der Waals surface area contributed by atoms with Gasteiger partial charge in [-0.1, -0.05) is 6.07 Å². The highest BCUT2D eigenvalue weighted by atomic mass is 79.9. The van der Waals surface area contributed by atoms with Crippen molar-refractivity contribution in [3.63, 3.8) is 0 Å². The molecule has 0 aliphatic carbocycles. The van der Waals surface area contributed by atoms with Crippen molar-refractivity contribution in [2.45, 2.75) is 18.7 Å². The number of rotatable bonds is 5. The van der Waals surface area contributed by atoms with Crippen LogP contribution in [-0.4, -0.2) is 14.2 Å². The van der Waals surface area contributed by atoms with Gasteiger partial charge in [-0.15, -0.1) is 22.9 Å². The summed E-state index contributed by atoms with van der Waals surface area (Å²) in [6.07, 6.45) is 0.756. The maximum Gasteiger partial charge on any atom is 0.160 e. The molecule has 20 heavy (non-hydrogen) atoms. The molecule has 0 saturated carbocycles. The molecule has 0 radical (unpaired) electrons. The molecule has 1 aromatic heterocycles. The van der Waals surface area contributed by atoms with Gasteiger partial charge in [0.15, 0.2) is 11.5 Å². The topological polar surface area (TPSA) is 18.5 Å². The van der Waals surface area contributed by atoms with E-state index in [0.717, 1.165) is 27.3 Å². The molecule has 0 amide bonds. The Morgan fingerprint density at radius 2 is 1.90 bits per heavy atom. The Labute approximate surface area is 136 Å². The molecule has 0 bridgehead atoms. The second kappa shape index (κ2) is 6.83. The van der Waals surface area contributed by atoms with Crippen LogP contribution in [0.5, 0.6) is 11.5 Å². The van der Waals surface area contributed by atoms with Crippen molar-refractivity contribution in [2.24, 2.45) is 0 Å². The summed E-state index contributed by atoms with van der Waals surface area (Å²) in [5.41, 5.74) is 2.31. The fourth-order valence-electron chi connectivity index (χ4n) is 2.09. The lowest BCUT2D eigenvalue weighted by molar-refractivity contribution is 0.354. The molecule has 2 aromatic rings. The van der Waals surface area contributed by atoms with Crippen LogP contribution in [0.3, 0.4) is 0 Å². The maximum atomic E-state index is 6.54. The first-order valence-electron chi connectivity index (χ1n) is 6.16. The number of ether oxygens (including phenoxy) is 2. The average molecular weight is 376 g/mol. The van der Waals surface area contributed by atoms with Crippen molar-refractivity contribution in [2.75, 3.05) is 14.2 Å². The molecule has 108 valence electrons. The Hall–Kier alpha value is -0.710. The Morgan fingerprint density at radius 3 is 2.45 bits per heavy atom. The number of alkyl halides is 1. The van der Waals surface area contributed by atoms with E-state index in [0.29, 0.717) is 0 Å². The molecule has 1 heterocycles. The predicted octanol–water partition coefficient (Wildman–Crippen LogP) is 5.36. The van der Waals surface area contributed by atoms with Crippen LogP contribution in [0.15, 0.2) is 28.1 Å². The van der Waals surface area contributed by atoms with Crippen LogP contribution < -0.4 is 9.47 Å². The predicted molar refractivity (Wildman–Crippen MR) is 88.6 cm³/mol. The number of methoxy groups -OCH3 is 2. The number of benzene rings is 1. The first kappa shape index (κ1) is 15.7. The van der Waals surface area contributed by atoms with Crippen LogP contribution >= 0.6 is 38.9 Å². The van der Waals surface area contributed by atoms with Crippen LogP contribution in [-0.2, 0) is 6.42 Å². The zero-order chi connectivity index (χ0) is 14.7. The van der Waals surface area contributed by atoms with E-state index >= 15 is 0 Å². The maximum absolute atomic E-state index is 6.54. The Balaban J connectivity index is 2.19. The first-order chi connectivity index (χ1) is 9.55. The van der Waals surface area contributed by atoms with E-state index in [4.69, 9.17) is 21.1 Å².